The number of amides is 1. The summed E-state index contributed by atoms with van der Waals surface area (Å²) in [7, 11) is -2.34. The Kier molecular flexibility index (Phi) is 10.6. The minimum absolute atomic E-state index is 0.0273. The molecule has 0 unspecified atom stereocenters. The summed E-state index contributed by atoms with van der Waals surface area (Å²) in [4.78, 5) is 17.5. The Bertz CT molecular complexity index is 1230. The van der Waals surface area contributed by atoms with Gasteiger partial charge in [-0.05, 0) is 41.8 Å². The van der Waals surface area contributed by atoms with Gasteiger partial charge in [-0.2, -0.15) is 4.31 Å². The minimum atomic E-state index is -3.84. The molecule has 1 N–H and O–H groups in total. The van der Waals surface area contributed by atoms with Crippen LogP contribution in [0.1, 0.15) is 18.9 Å². The van der Waals surface area contributed by atoms with E-state index in [-0.39, 0.29) is 48.8 Å². The van der Waals surface area contributed by atoms with Crippen molar-refractivity contribution in [2.75, 3.05) is 59.6 Å². The molecule has 2 heterocycles. The molecular formula is C29H39N3O7S. The molecule has 0 aliphatic carbocycles. The topological polar surface area (TPSA) is 109 Å². The van der Waals surface area contributed by atoms with E-state index in [1.165, 1.54) is 29.1 Å². The van der Waals surface area contributed by atoms with Crippen molar-refractivity contribution in [3.8, 4) is 5.75 Å². The second kappa shape index (κ2) is 14.1. The Balaban J connectivity index is 1.28. The molecule has 2 aromatic carbocycles. The first-order valence-electron chi connectivity index (χ1n) is 13.6. The van der Waals surface area contributed by atoms with Gasteiger partial charge in [0.1, 0.15) is 5.75 Å². The number of benzene rings is 2. The Labute approximate surface area is 236 Å². The highest BCUT2D eigenvalue weighted by Crippen LogP contribution is 2.25. The Hall–Kier alpha value is -2.96. The molecule has 40 heavy (non-hydrogen) atoms. The molecule has 11 heteroatoms. The number of piperazine rings is 1. The molecular weight excluding hydrogens is 534 g/mol. The monoisotopic (exact) mass is 573 g/mol. The van der Waals surface area contributed by atoms with E-state index in [4.69, 9.17) is 14.2 Å². The number of allylic oxidation sites excluding steroid dienone is 1. The molecule has 0 aromatic heterocycles. The summed E-state index contributed by atoms with van der Waals surface area (Å²) in [5, 5.41) is 9.48. The lowest BCUT2D eigenvalue weighted by Crippen LogP contribution is -2.49. The predicted octanol–water partition coefficient (Wildman–Crippen LogP) is 2.31. The lowest BCUT2D eigenvalue weighted by molar-refractivity contribution is -0.155. The molecule has 0 radical (unpaired) electrons. The van der Waals surface area contributed by atoms with Crippen LogP contribution in [-0.4, -0.2) is 99.4 Å². The van der Waals surface area contributed by atoms with E-state index in [1.807, 2.05) is 36.1 Å². The molecule has 2 aliphatic rings. The number of carbonyl (C=O) groups excluding carboxylic acids is 1. The van der Waals surface area contributed by atoms with E-state index in [1.54, 1.807) is 12.1 Å². The summed E-state index contributed by atoms with van der Waals surface area (Å²) < 4.78 is 44.4. The highest BCUT2D eigenvalue weighted by molar-refractivity contribution is 7.89. The van der Waals surface area contributed by atoms with Crippen molar-refractivity contribution in [1.29, 1.82) is 0 Å². The van der Waals surface area contributed by atoms with Crippen molar-refractivity contribution in [3.63, 3.8) is 0 Å². The zero-order chi connectivity index (χ0) is 28.5. The maximum absolute atomic E-state index is 13.2. The third-order valence-electron chi connectivity index (χ3n) is 7.07. The van der Waals surface area contributed by atoms with E-state index < -0.39 is 16.3 Å². The molecule has 2 atom stereocenters. The highest BCUT2D eigenvalue weighted by atomic mass is 32.2. The Morgan fingerprint density at radius 3 is 2.40 bits per heavy atom. The molecule has 1 saturated heterocycles. The largest absolute Gasteiger partial charge is 0.497 e. The zero-order valence-electron chi connectivity index (χ0n) is 23.1. The van der Waals surface area contributed by atoms with Crippen LogP contribution in [0, 0.1) is 5.92 Å². The van der Waals surface area contributed by atoms with Crippen molar-refractivity contribution >= 4 is 15.9 Å². The number of nitrogens with zero attached hydrogens (tertiary/aromatic N) is 3. The van der Waals surface area contributed by atoms with Gasteiger partial charge in [0.2, 0.25) is 16.3 Å². The first-order valence-corrected chi connectivity index (χ1v) is 15.0. The second-order valence-corrected chi connectivity index (χ2v) is 12.0. The lowest BCUT2D eigenvalue weighted by atomic mass is 10.0. The average molecular weight is 574 g/mol. The summed E-state index contributed by atoms with van der Waals surface area (Å²) in [5.74, 6) is 0.738. The number of carbonyl (C=O) groups is 1. The van der Waals surface area contributed by atoms with Crippen LogP contribution >= 0.6 is 0 Å². The predicted molar refractivity (Wildman–Crippen MR) is 150 cm³/mol. The van der Waals surface area contributed by atoms with Gasteiger partial charge in [0, 0.05) is 52.2 Å². The van der Waals surface area contributed by atoms with Crippen molar-refractivity contribution in [2.45, 2.75) is 31.1 Å². The summed E-state index contributed by atoms with van der Waals surface area (Å²) in [5.41, 5.74) is 1.25. The van der Waals surface area contributed by atoms with Gasteiger partial charge in [-0.1, -0.05) is 37.3 Å². The fourth-order valence-corrected chi connectivity index (χ4v) is 6.25. The molecule has 4 rings (SSSR count). The average Bonchev–Trinajstić information content (AvgIpc) is 2.97. The molecule has 0 bridgehead atoms. The van der Waals surface area contributed by atoms with Gasteiger partial charge in [-0.3, -0.25) is 9.69 Å². The standard InChI is InChI=1S/C29H39N3O7S/c1-23-20-27(29(34)31-14-12-30(13-15-31)22-24-6-4-3-5-7-24)39-28(21-23)38-19-17-32(16-18-33)40(35,36)26-10-8-25(37-2)9-11-26/h3-11,20,23,28,33H,12-19,21-22H2,1-2H3/t23-,28+/m1/s1. The zero-order valence-corrected chi connectivity index (χ0v) is 24.0. The van der Waals surface area contributed by atoms with Crippen molar-refractivity contribution in [2.24, 2.45) is 5.92 Å². The normalized spacial score (nSPS) is 20.2. The number of hydrogen-bond acceptors (Lipinski definition) is 8. The van der Waals surface area contributed by atoms with Gasteiger partial charge in [-0.15, -0.1) is 0 Å². The van der Waals surface area contributed by atoms with Crippen LogP contribution in [0.4, 0.5) is 0 Å². The molecule has 1 fully saturated rings. The molecule has 2 aromatic rings. The number of rotatable bonds is 12. The van der Waals surface area contributed by atoms with Gasteiger partial charge in [0.25, 0.3) is 5.91 Å². The van der Waals surface area contributed by atoms with E-state index in [9.17, 15) is 18.3 Å². The summed E-state index contributed by atoms with van der Waals surface area (Å²) in [6, 6.07) is 16.4. The van der Waals surface area contributed by atoms with E-state index in [0.29, 0.717) is 25.3 Å². The van der Waals surface area contributed by atoms with Crippen LogP contribution in [0.3, 0.4) is 0 Å². The lowest BCUT2D eigenvalue weighted by Gasteiger charge is -2.36. The Morgan fingerprint density at radius 2 is 1.75 bits per heavy atom. The quantitative estimate of drug-likeness (QED) is 0.412. The number of methoxy groups -OCH3 is 1. The SMILES string of the molecule is COc1ccc(S(=O)(=O)N(CCO)CCO[C@@H]2C[C@H](C)C=C(C(=O)N3CCN(Cc4ccccc4)CC3)O2)cc1. The Morgan fingerprint density at radius 1 is 1.05 bits per heavy atom. The number of aliphatic hydroxyl groups is 1. The number of sulfonamides is 1. The third kappa shape index (κ3) is 7.82. The van der Waals surface area contributed by atoms with Crippen LogP contribution in [0.2, 0.25) is 0 Å². The highest BCUT2D eigenvalue weighted by Gasteiger charge is 2.31. The fourth-order valence-electron chi connectivity index (χ4n) is 4.84. The smallest absolute Gasteiger partial charge is 0.288 e. The van der Waals surface area contributed by atoms with Crippen molar-refractivity contribution in [3.05, 3.63) is 72.0 Å². The molecule has 218 valence electrons. The number of ether oxygens (including phenoxy) is 3. The summed E-state index contributed by atoms with van der Waals surface area (Å²) >= 11 is 0. The molecule has 2 aliphatic heterocycles. The molecule has 1 amide bonds. The van der Waals surface area contributed by atoms with Gasteiger partial charge in [-0.25, -0.2) is 8.42 Å². The second-order valence-electron chi connectivity index (χ2n) is 10.0. The van der Waals surface area contributed by atoms with Crippen molar-refractivity contribution < 1.29 is 32.5 Å². The summed E-state index contributed by atoms with van der Waals surface area (Å²) in [6.45, 7) is 5.33. The number of aliphatic hydroxyl groups excluding tert-OH is 1. The minimum Gasteiger partial charge on any atom is -0.497 e. The molecule has 0 saturated carbocycles. The van der Waals surface area contributed by atoms with Crippen molar-refractivity contribution in [1.82, 2.24) is 14.1 Å². The molecule has 0 spiro atoms. The van der Waals surface area contributed by atoms with Crippen LogP contribution in [-0.2, 0) is 30.8 Å². The van der Waals surface area contributed by atoms with Gasteiger partial charge in [0.15, 0.2) is 5.76 Å². The maximum Gasteiger partial charge on any atom is 0.288 e. The maximum atomic E-state index is 13.2. The van der Waals surface area contributed by atoms with E-state index in [2.05, 4.69) is 17.0 Å². The van der Waals surface area contributed by atoms with Crippen LogP contribution in [0.25, 0.3) is 0 Å². The van der Waals surface area contributed by atoms with E-state index in [0.717, 1.165) is 19.6 Å². The summed E-state index contributed by atoms with van der Waals surface area (Å²) in [6.07, 6.45) is 1.72. The fraction of sp³-hybridized carbons (Fsp3) is 0.483. The van der Waals surface area contributed by atoms with Crippen LogP contribution < -0.4 is 4.74 Å². The van der Waals surface area contributed by atoms with Gasteiger partial charge >= 0.3 is 0 Å². The van der Waals surface area contributed by atoms with E-state index >= 15 is 0 Å². The first-order chi connectivity index (χ1) is 19.3. The third-order valence-corrected chi connectivity index (χ3v) is 8.98. The molecule has 10 nitrogen and oxygen atoms in total. The van der Waals surface area contributed by atoms with Crippen LogP contribution in [0.15, 0.2) is 71.3 Å². The number of hydrogen-bond donors (Lipinski definition) is 1. The van der Waals surface area contributed by atoms with Gasteiger partial charge < -0.3 is 24.2 Å². The first kappa shape index (κ1) is 30.0. The van der Waals surface area contributed by atoms with Crippen LogP contribution in [0.5, 0.6) is 5.75 Å². The van der Waals surface area contributed by atoms with Gasteiger partial charge in [0.05, 0.1) is 25.2 Å².